The first kappa shape index (κ1) is 21.4. The first-order valence-electron chi connectivity index (χ1n) is 9.62. The predicted molar refractivity (Wildman–Crippen MR) is 112 cm³/mol. The average Bonchev–Trinajstić information content (AvgIpc) is 3.17. The molecule has 2 amide bonds. The summed E-state index contributed by atoms with van der Waals surface area (Å²) in [4.78, 5) is 27.7. The van der Waals surface area contributed by atoms with Crippen molar-refractivity contribution in [3.05, 3.63) is 53.8 Å². The molecule has 0 fully saturated rings. The molecule has 2 heterocycles. The van der Waals surface area contributed by atoms with Crippen molar-refractivity contribution in [3.63, 3.8) is 0 Å². The van der Waals surface area contributed by atoms with Gasteiger partial charge >= 0.3 is 0 Å². The second-order valence-corrected chi connectivity index (χ2v) is 7.31. The molecular formula is C21H26FN5O3. The van der Waals surface area contributed by atoms with Crippen LogP contribution in [0, 0.1) is 5.82 Å². The zero-order valence-corrected chi connectivity index (χ0v) is 17.1. The molecule has 0 atom stereocenters. The summed E-state index contributed by atoms with van der Waals surface area (Å²) in [6, 6.07) is 4.69. The van der Waals surface area contributed by atoms with E-state index < -0.39 is 5.82 Å². The number of furan rings is 1. The molecule has 1 aliphatic heterocycles. The van der Waals surface area contributed by atoms with Gasteiger partial charge in [0.1, 0.15) is 11.4 Å². The summed E-state index contributed by atoms with van der Waals surface area (Å²) < 4.78 is 20.7. The molecular weight excluding hydrogens is 389 g/mol. The summed E-state index contributed by atoms with van der Waals surface area (Å²) in [5.74, 6) is 4.91. The van der Waals surface area contributed by atoms with E-state index in [1.54, 1.807) is 31.1 Å². The maximum atomic E-state index is 15.2. The number of nitrogens with zero attached hydrogens (tertiary/aromatic N) is 3. The third kappa shape index (κ3) is 4.46. The lowest BCUT2D eigenvalue weighted by molar-refractivity contribution is -0.130. The minimum Gasteiger partial charge on any atom is -0.451 e. The number of fused-ring (bicyclic) bond motifs is 1. The van der Waals surface area contributed by atoms with Gasteiger partial charge in [0.2, 0.25) is 5.91 Å². The molecule has 8 nitrogen and oxygen atoms in total. The zero-order valence-electron chi connectivity index (χ0n) is 17.1. The summed E-state index contributed by atoms with van der Waals surface area (Å²) >= 11 is 0. The number of nitrogens with two attached hydrogens (primary N) is 2. The fraction of sp³-hybridized carbons (Fsp3) is 0.333. The first-order valence-corrected chi connectivity index (χ1v) is 9.62. The molecule has 0 spiro atoms. The summed E-state index contributed by atoms with van der Waals surface area (Å²) in [5, 5.41) is 1.59. The molecule has 0 unspecified atom stereocenters. The largest absolute Gasteiger partial charge is 0.451 e. The van der Waals surface area contributed by atoms with Crippen LogP contribution >= 0.6 is 0 Å². The van der Waals surface area contributed by atoms with Crippen LogP contribution in [0.4, 0.5) is 4.39 Å². The number of amides is 2. The molecule has 1 aromatic carbocycles. The maximum absolute atomic E-state index is 15.2. The Balaban J connectivity index is 1.78. The highest BCUT2D eigenvalue weighted by molar-refractivity contribution is 5.96. The Kier molecular flexibility index (Phi) is 6.41. The Morgan fingerprint density at radius 1 is 1.33 bits per heavy atom. The SMILES string of the molecule is CN(C)C(=O)c1cc2c(F)c(C3=CCCN(C(=O)CCN(N)/C=C\N)C3)ccc2o1. The molecule has 30 heavy (non-hydrogen) atoms. The topological polar surface area (TPSA) is 109 Å². The number of hydrazine groups is 1. The summed E-state index contributed by atoms with van der Waals surface area (Å²) in [5.41, 5.74) is 6.71. The number of hydrogen-bond donors (Lipinski definition) is 2. The van der Waals surface area contributed by atoms with Gasteiger partial charge in [-0.1, -0.05) is 6.08 Å². The number of carbonyl (C=O) groups excluding carboxylic acids is 2. The molecule has 4 N–H and O–H groups in total. The van der Waals surface area contributed by atoms with Gasteiger partial charge in [0.05, 0.1) is 5.39 Å². The number of halogens is 1. The number of carbonyl (C=O) groups is 2. The summed E-state index contributed by atoms with van der Waals surface area (Å²) in [6.07, 6.45) is 5.58. The van der Waals surface area contributed by atoms with Crippen LogP contribution in [0.3, 0.4) is 0 Å². The van der Waals surface area contributed by atoms with Gasteiger partial charge in [-0.15, -0.1) is 0 Å². The van der Waals surface area contributed by atoms with Gasteiger partial charge in [-0.05, 0) is 24.1 Å². The molecule has 1 aromatic heterocycles. The van der Waals surface area contributed by atoms with Gasteiger partial charge in [-0.2, -0.15) is 0 Å². The van der Waals surface area contributed by atoms with Gasteiger partial charge in [-0.25, -0.2) is 10.2 Å². The second-order valence-electron chi connectivity index (χ2n) is 7.31. The molecule has 0 saturated heterocycles. The molecule has 2 aromatic rings. The van der Waals surface area contributed by atoms with Crippen molar-refractivity contribution < 1.29 is 18.4 Å². The lowest BCUT2D eigenvalue weighted by Crippen LogP contribution is -2.38. The van der Waals surface area contributed by atoms with Crippen LogP contribution < -0.4 is 11.6 Å². The van der Waals surface area contributed by atoms with E-state index in [1.165, 1.54) is 28.4 Å². The van der Waals surface area contributed by atoms with Crippen molar-refractivity contribution in [3.8, 4) is 0 Å². The fourth-order valence-electron chi connectivity index (χ4n) is 3.37. The highest BCUT2D eigenvalue weighted by Gasteiger charge is 2.23. The molecule has 0 radical (unpaired) electrons. The minimum absolute atomic E-state index is 0.0647. The molecule has 0 aliphatic carbocycles. The summed E-state index contributed by atoms with van der Waals surface area (Å²) in [7, 11) is 3.21. The quantitative estimate of drug-likeness (QED) is 0.551. The Labute approximate surface area is 174 Å². The monoisotopic (exact) mass is 415 g/mol. The maximum Gasteiger partial charge on any atom is 0.289 e. The van der Waals surface area contributed by atoms with Gasteiger partial charge < -0.3 is 25.0 Å². The van der Waals surface area contributed by atoms with Crippen molar-refractivity contribution in [2.24, 2.45) is 11.6 Å². The van der Waals surface area contributed by atoms with Gasteiger partial charge in [0, 0.05) is 64.2 Å². The van der Waals surface area contributed by atoms with Crippen LogP contribution in [0.1, 0.15) is 29.0 Å². The third-order valence-corrected chi connectivity index (χ3v) is 4.96. The third-order valence-electron chi connectivity index (χ3n) is 4.96. The highest BCUT2D eigenvalue weighted by Crippen LogP contribution is 2.31. The van der Waals surface area contributed by atoms with E-state index in [0.717, 1.165) is 5.57 Å². The standard InChI is InChI=1S/C21H26FN5O3/c1-25(2)21(29)18-12-16-17(30-18)6-5-15(20(16)22)14-4-3-9-26(13-14)19(28)7-10-27(24)11-8-23/h4-6,8,11-12H,3,7,9-10,13,23-24H2,1-2H3/b11-8-. The fourth-order valence-corrected chi connectivity index (χ4v) is 3.37. The number of hydrogen-bond acceptors (Lipinski definition) is 6. The minimum atomic E-state index is -0.462. The van der Waals surface area contributed by atoms with Crippen LogP contribution in [-0.2, 0) is 4.79 Å². The molecule has 160 valence electrons. The van der Waals surface area contributed by atoms with E-state index in [1.807, 2.05) is 6.08 Å². The Morgan fingerprint density at radius 2 is 2.10 bits per heavy atom. The van der Waals surface area contributed by atoms with Crippen molar-refractivity contribution >= 4 is 28.4 Å². The lowest BCUT2D eigenvalue weighted by Gasteiger charge is -2.28. The van der Waals surface area contributed by atoms with E-state index in [-0.39, 0.29) is 29.4 Å². The molecule has 3 rings (SSSR count). The lowest BCUT2D eigenvalue weighted by atomic mass is 9.99. The summed E-state index contributed by atoms with van der Waals surface area (Å²) in [6.45, 7) is 1.21. The van der Waals surface area contributed by atoms with Crippen LogP contribution in [0.5, 0.6) is 0 Å². The van der Waals surface area contributed by atoms with E-state index in [0.29, 0.717) is 37.2 Å². The predicted octanol–water partition coefficient (Wildman–Crippen LogP) is 1.89. The average molecular weight is 415 g/mol. The van der Waals surface area contributed by atoms with Crippen molar-refractivity contribution in [1.82, 2.24) is 14.8 Å². The Bertz CT molecular complexity index is 1010. The second kappa shape index (κ2) is 9.00. The Hall–Kier alpha value is -3.33. The van der Waals surface area contributed by atoms with E-state index in [9.17, 15) is 9.59 Å². The van der Waals surface area contributed by atoms with Crippen molar-refractivity contribution in [2.45, 2.75) is 12.8 Å². The Morgan fingerprint density at radius 3 is 2.80 bits per heavy atom. The smallest absolute Gasteiger partial charge is 0.289 e. The van der Waals surface area contributed by atoms with E-state index in [4.69, 9.17) is 16.0 Å². The van der Waals surface area contributed by atoms with Gasteiger partial charge in [-0.3, -0.25) is 9.59 Å². The van der Waals surface area contributed by atoms with Crippen LogP contribution in [0.15, 0.2) is 41.1 Å². The zero-order chi connectivity index (χ0) is 21.8. The van der Waals surface area contributed by atoms with Crippen LogP contribution in [-0.4, -0.2) is 60.4 Å². The van der Waals surface area contributed by atoms with Crippen molar-refractivity contribution in [2.75, 3.05) is 33.7 Å². The first-order chi connectivity index (χ1) is 14.3. The molecule has 9 heteroatoms. The molecule has 0 bridgehead atoms. The van der Waals surface area contributed by atoms with Crippen LogP contribution in [0.25, 0.3) is 16.5 Å². The normalized spacial score (nSPS) is 14.3. The highest BCUT2D eigenvalue weighted by atomic mass is 19.1. The molecule has 1 aliphatic rings. The van der Waals surface area contributed by atoms with E-state index >= 15 is 4.39 Å². The number of rotatable bonds is 6. The molecule has 0 saturated carbocycles. The van der Waals surface area contributed by atoms with Gasteiger partial charge in [0.15, 0.2) is 5.76 Å². The van der Waals surface area contributed by atoms with Gasteiger partial charge in [0.25, 0.3) is 5.91 Å². The van der Waals surface area contributed by atoms with E-state index in [2.05, 4.69) is 0 Å². The van der Waals surface area contributed by atoms with Crippen LogP contribution in [0.2, 0.25) is 0 Å². The number of benzene rings is 1. The van der Waals surface area contributed by atoms with Crippen molar-refractivity contribution in [1.29, 1.82) is 0 Å².